The highest BCUT2D eigenvalue weighted by Crippen LogP contribution is 2.20. The average Bonchev–Trinajstić information content (AvgIpc) is 2.67. The van der Waals surface area contributed by atoms with Gasteiger partial charge in [0.25, 0.3) is 5.56 Å². The molecule has 0 saturated heterocycles. The molecule has 6 heteroatoms. The zero-order chi connectivity index (χ0) is 18.8. The van der Waals surface area contributed by atoms with E-state index in [9.17, 15) is 14.3 Å². The Balaban J connectivity index is 1.95. The zero-order valence-corrected chi connectivity index (χ0v) is 14.1. The van der Waals surface area contributed by atoms with Gasteiger partial charge in [-0.05, 0) is 42.0 Å². The Hall–Kier alpha value is -3.80. The standard InChI is InChI=1S/C21H14FN3O2/c22-16-7-4-6-15(12-16)20-24-19-10-2-1-9-18(19)21(27)25(20)23-13-14-5-3-8-17(26)11-14/h1-13,26H. The maximum atomic E-state index is 13.7. The molecule has 5 nitrogen and oxygen atoms in total. The Bertz CT molecular complexity index is 1230. The number of aromatic nitrogens is 2. The number of hydrogen-bond donors (Lipinski definition) is 1. The molecule has 0 unspecified atom stereocenters. The van der Waals surface area contributed by atoms with E-state index in [1.165, 1.54) is 24.4 Å². The molecule has 0 aliphatic heterocycles. The molecule has 27 heavy (non-hydrogen) atoms. The van der Waals surface area contributed by atoms with Crippen molar-refractivity contribution in [3.63, 3.8) is 0 Å². The lowest BCUT2D eigenvalue weighted by molar-refractivity contribution is 0.475. The minimum atomic E-state index is -0.432. The fraction of sp³-hybridized carbons (Fsp3) is 0. The van der Waals surface area contributed by atoms with Gasteiger partial charge in [0.05, 0.1) is 17.1 Å². The second kappa shape index (κ2) is 6.84. The summed E-state index contributed by atoms with van der Waals surface area (Å²) in [6.07, 6.45) is 1.44. The fourth-order valence-corrected chi connectivity index (χ4v) is 2.77. The predicted molar refractivity (Wildman–Crippen MR) is 102 cm³/mol. The number of benzene rings is 3. The highest BCUT2D eigenvalue weighted by Gasteiger charge is 2.12. The summed E-state index contributed by atoms with van der Waals surface area (Å²) in [5, 5.41) is 14.2. The number of phenolic OH excluding ortho intramolecular Hbond substituents is 1. The Morgan fingerprint density at radius 3 is 2.63 bits per heavy atom. The number of rotatable bonds is 3. The first kappa shape index (κ1) is 16.7. The number of hydrogen-bond acceptors (Lipinski definition) is 4. The Morgan fingerprint density at radius 2 is 1.81 bits per heavy atom. The SMILES string of the molecule is O=c1c2ccccc2nc(-c2cccc(F)c2)n1N=Cc1cccc(O)c1. The largest absolute Gasteiger partial charge is 0.508 e. The molecule has 0 aliphatic rings. The van der Waals surface area contributed by atoms with E-state index in [0.717, 1.165) is 4.68 Å². The second-order valence-corrected chi connectivity index (χ2v) is 5.92. The molecular weight excluding hydrogens is 345 g/mol. The van der Waals surface area contributed by atoms with Gasteiger partial charge in [0, 0.05) is 5.56 Å². The van der Waals surface area contributed by atoms with E-state index in [2.05, 4.69) is 10.1 Å². The van der Waals surface area contributed by atoms with E-state index >= 15 is 0 Å². The monoisotopic (exact) mass is 359 g/mol. The summed E-state index contributed by atoms with van der Waals surface area (Å²) in [4.78, 5) is 17.5. The molecule has 0 saturated carbocycles. The first-order chi connectivity index (χ1) is 13.1. The summed E-state index contributed by atoms with van der Waals surface area (Å²) in [5.74, 6) is -0.110. The van der Waals surface area contributed by atoms with Crippen molar-refractivity contribution in [1.29, 1.82) is 0 Å². The van der Waals surface area contributed by atoms with Crippen molar-refractivity contribution in [3.05, 3.63) is 94.5 Å². The topological polar surface area (TPSA) is 67.5 Å². The summed E-state index contributed by atoms with van der Waals surface area (Å²) in [7, 11) is 0. The van der Waals surface area contributed by atoms with Crippen molar-refractivity contribution in [2.75, 3.05) is 0 Å². The molecular formula is C21H14FN3O2. The second-order valence-electron chi connectivity index (χ2n) is 5.92. The summed E-state index contributed by atoms with van der Waals surface area (Å²) in [6.45, 7) is 0. The lowest BCUT2D eigenvalue weighted by Gasteiger charge is -2.09. The number of aromatic hydroxyl groups is 1. The van der Waals surface area contributed by atoms with Crippen LogP contribution in [0, 0.1) is 5.82 Å². The van der Waals surface area contributed by atoms with Gasteiger partial charge in [0.2, 0.25) is 0 Å². The number of fused-ring (bicyclic) bond motifs is 1. The minimum absolute atomic E-state index is 0.0910. The van der Waals surface area contributed by atoms with Crippen LogP contribution in [0.5, 0.6) is 5.75 Å². The normalized spacial score (nSPS) is 11.3. The first-order valence-electron chi connectivity index (χ1n) is 8.23. The highest BCUT2D eigenvalue weighted by molar-refractivity contribution is 5.82. The summed E-state index contributed by atoms with van der Waals surface area (Å²) in [6, 6.07) is 19.2. The number of para-hydroxylation sites is 1. The molecule has 0 aliphatic carbocycles. The minimum Gasteiger partial charge on any atom is -0.508 e. The molecule has 0 radical (unpaired) electrons. The lowest BCUT2D eigenvalue weighted by Crippen LogP contribution is -2.20. The molecule has 4 aromatic rings. The molecule has 1 aromatic heterocycles. The maximum Gasteiger partial charge on any atom is 0.282 e. The van der Waals surface area contributed by atoms with Gasteiger partial charge in [-0.3, -0.25) is 4.79 Å². The zero-order valence-electron chi connectivity index (χ0n) is 14.1. The molecule has 0 bridgehead atoms. The number of halogens is 1. The van der Waals surface area contributed by atoms with E-state index in [-0.39, 0.29) is 17.1 Å². The van der Waals surface area contributed by atoms with Gasteiger partial charge in [-0.2, -0.15) is 9.78 Å². The van der Waals surface area contributed by atoms with Crippen LogP contribution in [0.1, 0.15) is 5.56 Å². The van der Waals surface area contributed by atoms with Gasteiger partial charge in [0.15, 0.2) is 5.82 Å². The van der Waals surface area contributed by atoms with E-state index in [4.69, 9.17) is 0 Å². The van der Waals surface area contributed by atoms with Crippen LogP contribution in [0.25, 0.3) is 22.3 Å². The van der Waals surface area contributed by atoms with E-state index in [1.54, 1.807) is 54.6 Å². The van der Waals surface area contributed by atoms with Crippen LogP contribution in [0.2, 0.25) is 0 Å². The molecule has 0 amide bonds. The quantitative estimate of drug-likeness (QED) is 0.566. The lowest BCUT2D eigenvalue weighted by atomic mass is 10.2. The van der Waals surface area contributed by atoms with Crippen LogP contribution in [0.4, 0.5) is 4.39 Å². The smallest absolute Gasteiger partial charge is 0.282 e. The average molecular weight is 359 g/mol. The molecule has 0 fully saturated rings. The van der Waals surface area contributed by atoms with Crippen LogP contribution in [-0.4, -0.2) is 21.0 Å². The third-order valence-electron chi connectivity index (χ3n) is 4.03. The Morgan fingerprint density at radius 1 is 1.00 bits per heavy atom. The van der Waals surface area contributed by atoms with Crippen LogP contribution in [0.15, 0.2) is 82.7 Å². The Kier molecular flexibility index (Phi) is 4.22. The predicted octanol–water partition coefficient (Wildman–Crippen LogP) is 3.79. The third kappa shape index (κ3) is 3.32. The van der Waals surface area contributed by atoms with Crippen molar-refractivity contribution < 1.29 is 9.50 Å². The van der Waals surface area contributed by atoms with Gasteiger partial charge in [-0.15, -0.1) is 0 Å². The fourth-order valence-electron chi connectivity index (χ4n) is 2.77. The number of nitrogens with zero attached hydrogens (tertiary/aromatic N) is 3. The summed E-state index contributed by atoms with van der Waals surface area (Å²) < 4.78 is 14.9. The molecule has 1 heterocycles. The van der Waals surface area contributed by atoms with Crippen molar-refractivity contribution in [3.8, 4) is 17.1 Å². The van der Waals surface area contributed by atoms with E-state index < -0.39 is 5.82 Å². The van der Waals surface area contributed by atoms with Crippen molar-refractivity contribution in [1.82, 2.24) is 9.66 Å². The van der Waals surface area contributed by atoms with Crippen molar-refractivity contribution in [2.24, 2.45) is 5.10 Å². The van der Waals surface area contributed by atoms with E-state index in [1.807, 2.05) is 0 Å². The van der Waals surface area contributed by atoms with Crippen LogP contribution in [-0.2, 0) is 0 Å². The summed E-state index contributed by atoms with van der Waals surface area (Å²) >= 11 is 0. The molecule has 0 atom stereocenters. The van der Waals surface area contributed by atoms with Gasteiger partial charge in [0.1, 0.15) is 11.6 Å². The highest BCUT2D eigenvalue weighted by atomic mass is 19.1. The van der Waals surface area contributed by atoms with Crippen LogP contribution < -0.4 is 5.56 Å². The van der Waals surface area contributed by atoms with Gasteiger partial charge >= 0.3 is 0 Å². The molecule has 1 N–H and O–H groups in total. The maximum absolute atomic E-state index is 13.7. The van der Waals surface area contributed by atoms with Crippen molar-refractivity contribution in [2.45, 2.75) is 0 Å². The Labute approximate surface area is 153 Å². The molecule has 0 spiro atoms. The van der Waals surface area contributed by atoms with Gasteiger partial charge in [-0.1, -0.05) is 36.4 Å². The van der Waals surface area contributed by atoms with Crippen molar-refractivity contribution >= 4 is 17.1 Å². The molecule has 3 aromatic carbocycles. The first-order valence-corrected chi connectivity index (χ1v) is 8.23. The molecule has 132 valence electrons. The van der Waals surface area contributed by atoms with Gasteiger partial charge in [-0.25, -0.2) is 9.37 Å². The third-order valence-corrected chi connectivity index (χ3v) is 4.03. The van der Waals surface area contributed by atoms with Gasteiger partial charge < -0.3 is 5.11 Å². The molecule has 4 rings (SSSR count). The number of phenols is 1. The van der Waals surface area contributed by atoms with Crippen LogP contribution in [0.3, 0.4) is 0 Å². The van der Waals surface area contributed by atoms with E-state index in [0.29, 0.717) is 22.0 Å². The summed E-state index contributed by atoms with van der Waals surface area (Å²) in [5.41, 5.74) is 1.19. The van der Waals surface area contributed by atoms with Crippen LogP contribution >= 0.6 is 0 Å².